The molecular weight excluding hydrogens is 268 g/mol. The molecule has 1 aliphatic rings. The van der Waals surface area contributed by atoms with Gasteiger partial charge >= 0.3 is 0 Å². The maximum Gasteiger partial charge on any atom is 0.146 e. The van der Waals surface area contributed by atoms with Crippen molar-refractivity contribution >= 4 is 28.4 Å². The molecule has 20 heavy (non-hydrogen) atoms. The Morgan fingerprint density at radius 1 is 1.15 bits per heavy atom. The highest BCUT2D eigenvalue weighted by molar-refractivity contribution is 7.17. The third kappa shape index (κ3) is 3.36. The number of pyridine rings is 1. The summed E-state index contributed by atoms with van der Waals surface area (Å²) in [6.45, 7) is 2.37. The lowest BCUT2D eigenvalue weighted by Crippen LogP contribution is -2.28. The molecule has 0 aliphatic carbocycles. The van der Waals surface area contributed by atoms with Crippen LogP contribution >= 0.6 is 11.3 Å². The normalized spacial score (nSPS) is 15.7. The number of hydrogen-bond donors (Lipinski definition) is 1. The monoisotopic (exact) mass is 286 g/mol. The SMILES string of the molecule is C(=N/Nc1ccccn1)/c1ccc(N2CCCCC2)s1. The average Bonchev–Trinajstić information content (AvgIpc) is 2.98. The molecule has 0 amide bonds. The number of aromatic nitrogens is 1. The summed E-state index contributed by atoms with van der Waals surface area (Å²) in [5.74, 6) is 0.761. The standard InChI is InChI=1S/C15H18N4S/c1-4-10-19(11-5-1)15-8-7-13(20-15)12-17-18-14-6-2-3-9-16-14/h2-3,6-9,12H,1,4-5,10-11H2,(H,16,18)/b17-12-. The Morgan fingerprint density at radius 2 is 2.05 bits per heavy atom. The van der Waals surface area contributed by atoms with Crippen molar-refractivity contribution in [3.05, 3.63) is 41.4 Å². The van der Waals surface area contributed by atoms with E-state index in [4.69, 9.17) is 0 Å². The highest BCUT2D eigenvalue weighted by atomic mass is 32.1. The minimum Gasteiger partial charge on any atom is -0.363 e. The summed E-state index contributed by atoms with van der Waals surface area (Å²) in [4.78, 5) is 7.79. The fourth-order valence-electron chi connectivity index (χ4n) is 2.29. The van der Waals surface area contributed by atoms with E-state index in [2.05, 4.69) is 32.5 Å². The van der Waals surface area contributed by atoms with Gasteiger partial charge in [0.1, 0.15) is 5.82 Å². The minimum absolute atomic E-state index is 0.761. The fraction of sp³-hybridized carbons (Fsp3) is 0.333. The Morgan fingerprint density at radius 3 is 2.85 bits per heavy atom. The first-order valence-electron chi connectivity index (χ1n) is 6.97. The van der Waals surface area contributed by atoms with Crippen molar-refractivity contribution in [2.24, 2.45) is 5.10 Å². The van der Waals surface area contributed by atoms with Crippen LogP contribution in [0.4, 0.5) is 10.8 Å². The molecule has 104 valence electrons. The molecule has 4 nitrogen and oxygen atoms in total. The van der Waals surface area contributed by atoms with Crippen LogP contribution in [0, 0.1) is 0 Å². The van der Waals surface area contributed by atoms with E-state index in [1.54, 1.807) is 17.5 Å². The molecule has 3 rings (SSSR count). The van der Waals surface area contributed by atoms with Crippen molar-refractivity contribution in [3.63, 3.8) is 0 Å². The Hall–Kier alpha value is -1.88. The Kier molecular flexibility index (Phi) is 4.28. The molecule has 1 aliphatic heterocycles. The van der Waals surface area contributed by atoms with Gasteiger partial charge in [-0.15, -0.1) is 11.3 Å². The van der Waals surface area contributed by atoms with Crippen LogP contribution in [0.1, 0.15) is 24.1 Å². The number of thiophene rings is 1. The number of piperidine rings is 1. The summed E-state index contributed by atoms with van der Waals surface area (Å²) in [6.07, 6.45) is 7.58. The lowest BCUT2D eigenvalue weighted by Gasteiger charge is -2.27. The van der Waals surface area contributed by atoms with Gasteiger partial charge in [-0.3, -0.25) is 5.43 Å². The molecule has 1 saturated heterocycles. The van der Waals surface area contributed by atoms with Crippen molar-refractivity contribution in [2.75, 3.05) is 23.4 Å². The van der Waals surface area contributed by atoms with E-state index in [0.717, 1.165) is 10.7 Å². The highest BCUT2D eigenvalue weighted by Crippen LogP contribution is 2.27. The molecule has 2 aromatic heterocycles. The second kappa shape index (κ2) is 6.52. The van der Waals surface area contributed by atoms with E-state index < -0.39 is 0 Å². The molecule has 0 radical (unpaired) electrons. The number of hydrazone groups is 1. The number of hydrogen-bond acceptors (Lipinski definition) is 5. The van der Waals surface area contributed by atoms with Gasteiger partial charge in [0.25, 0.3) is 0 Å². The lowest BCUT2D eigenvalue weighted by molar-refractivity contribution is 0.580. The van der Waals surface area contributed by atoms with Crippen molar-refractivity contribution in [3.8, 4) is 0 Å². The molecule has 0 bridgehead atoms. The van der Waals surface area contributed by atoms with Gasteiger partial charge in [0.2, 0.25) is 0 Å². The topological polar surface area (TPSA) is 40.5 Å². The van der Waals surface area contributed by atoms with Gasteiger partial charge in [-0.2, -0.15) is 5.10 Å². The third-order valence-corrected chi connectivity index (χ3v) is 4.40. The molecule has 0 spiro atoms. The Balaban J connectivity index is 1.59. The van der Waals surface area contributed by atoms with E-state index >= 15 is 0 Å². The van der Waals surface area contributed by atoms with Gasteiger partial charge in [-0.1, -0.05) is 6.07 Å². The van der Waals surface area contributed by atoms with E-state index in [1.807, 2.05) is 24.4 Å². The van der Waals surface area contributed by atoms with Crippen LogP contribution in [0.15, 0.2) is 41.6 Å². The highest BCUT2D eigenvalue weighted by Gasteiger charge is 2.12. The molecule has 5 heteroatoms. The van der Waals surface area contributed by atoms with E-state index in [-0.39, 0.29) is 0 Å². The van der Waals surface area contributed by atoms with Crippen molar-refractivity contribution < 1.29 is 0 Å². The summed E-state index contributed by atoms with van der Waals surface area (Å²) in [6, 6.07) is 10.0. The van der Waals surface area contributed by atoms with E-state index in [0.29, 0.717) is 0 Å². The average molecular weight is 286 g/mol. The number of nitrogens with zero attached hydrogens (tertiary/aromatic N) is 3. The maximum absolute atomic E-state index is 4.22. The van der Waals surface area contributed by atoms with Crippen LogP contribution in [-0.2, 0) is 0 Å². The number of anilines is 2. The lowest BCUT2D eigenvalue weighted by atomic mass is 10.1. The Labute approximate surface area is 123 Å². The molecule has 0 saturated carbocycles. The van der Waals surface area contributed by atoms with Gasteiger partial charge in [-0.25, -0.2) is 4.98 Å². The second-order valence-electron chi connectivity index (χ2n) is 4.81. The van der Waals surface area contributed by atoms with Crippen molar-refractivity contribution in [1.82, 2.24) is 4.98 Å². The quantitative estimate of drug-likeness (QED) is 0.690. The minimum atomic E-state index is 0.761. The maximum atomic E-state index is 4.22. The van der Waals surface area contributed by atoms with Crippen LogP contribution in [0.25, 0.3) is 0 Å². The Bertz CT molecular complexity index is 558. The molecule has 0 atom stereocenters. The largest absolute Gasteiger partial charge is 0.363 e. The molecular formula is C15H18N4S. The van der Waals surface area contributed by atoms with Gasteiger partial charge in [0, 0.05) is 24.2 Å². The number of nitrogens with one attached hydrogen (secondary N) is 1. The van der Waals surface area contributed by atoms with Crippen LogP contribution in [0.3, 0.4) is 0 Å². The summed E-state index contributed by atoms with van der Waals surface area (Å²) < 4.78 is 0. The zero-order valence-electron chi connectivity index (χ0n) is 11.3. The molecule has 0 aromatic carbocycles. The van der Waals surface area contributed by atoms with Gasteiger partial charge in [0.05, 0.1) is 11.2 Å². The number of rotatable bonds is 4. The van der Waals surface area contributed by atoms with Crippen LogP contribution in [0.5, 0.6) is 0 Å². The smallest absolute Gasteiger partial charge is 0.146 e. The van der Waals surface area contributed by atoms with Crippen LogP contribution in [-0.4, -0.2) is 24.3 Å². The van der Waals surface area contributed by atoms with Crippen molar-refractivity contribution in [1.29, 1.82) is 0 Å². The molecule has 1 N–H and O–H groups in total. The van der Waals surface area contributed by atoms with E-state index in [9.17, 15) is 0 Å². The first-order valence-corrected chi connectivity index (χ1v) is 7.78. The van der Waals surface area contributed by atoms with Gasteiger partial charge in [-0.05, 0) is 43.5 Å². The fourth-order valence-corrected chi connectivity index (χ4v) is 3.22. The molecule has 2 aromatic rings. The molecule has 1 fully saturated rings. The molecule has 3 heterocycles. The van der Waals surface area contributed by atoms with Crippen molar-refractivity contribution in [2.45, 2.75) is 19.3 Å². The van der Waals surface area contributed by atoms with Gasteiger partial charge < -0.3 is 4.90 Å². The first-order chi connectivity index (χ1) is 9.92. The summed E-state index contributed by atoms with van der Waals surface area (Å²) in [5.41, 5.74) is 2.93. The summed E-state index contributed by atoms with van der Waals surface area (Å²) in [5, 5.41) is 5.58. The molecule has 0 unspecified atom stereocenters. The van der Waals surface area contributed by atoms with Crippen LogP contribution in [0.2, 0.25) is 0 Å². The van der Waals surface area contributed by atoms with Gasteiger partial charge in [0.15, 0.2) is 0 Å². The van der Waals surface area contributed by atoms with E-state index in [1.165, 1.54) is 37.4 Å². The zero-order valence-corrected chi connectivity index (χ0v) is 12.1. The summed E-state index contributed by atoms with van der Waals surface area (Å²) in [7, 11) is 0. The predicted molar refractivity (Wildman–Crippen MR) is 85.8 cm³/mol. The third-order valence-electron chi connectivity index (χ3n) is 3.32. The second-order valence-corrected chi connectivity index (χ2v) is 5.90. The predicted octanol–water partition coefficient (Wildman–Crippen LogP) is 3.58. The summed E-state index contributed by atoms with van der Waals surface area (Å²) >= 11 is 1.79. The zero-order chi connectivity index (χ0) is 13.6. The first kappa shape index (κ1) is 13.1. The van der Waals surface area contributed by atoms with Crippen LogP contribution < -0.4 is 10.3 Å².